The third-order valence-electron chi connectivity index (χ3n) is 5.84. The van der Waals surface area contributed by atoms with Crippen molar-refractivity contribution in [2.24, 2.45) is 0 Å². The van der Waals surface area contributed by atoms with Crippen LogP contribution < -0.4 is 5.56 Å². The van der Waals surface area contributed by atoms with Crippen LogP contribution in [-0.2, 0) is 19.5 Å². The molecule has 1 aromatic heterocycles. The first-order chi connectivity index (χ1) is 15.6. The minimum atomic E-state index is -0.113. The molecule has 0 bridgehead atoms. The Balaban J connectivity index is 1.66. The standard InChI is InChI=1S/C25H26N4O2S/c1-2-3-6-13-29-24(31)21-10-9-19(16-22(21)27-25(29)32-15-12-26)23(30)28-14-11-18-7-4-5-8-20(18)17-28/h4-5,7-10,16H,2-3,6,11,13-15,17H2,1H3. The minimum absolute atomic E-state index is 0.0541. The molecule has 7 heteroatoms. The number of thioether (sulfide) groups is 1. The number of benzene rings is 2. The van der Waals surface area contributed by atoms with Crippen LogP contribution in [0.4, 0.5) is 0 Å². The summed E-state index contributed by atoms with van der Waals surface area (Å²) in [6, 6.07) is 15.5. The van der Waals surface area contributed by atoms with Crippen LogP contribution in [0.5, 0.6) is 0 Å². The number of nitrogens with zero attached hydrogens (tertiary/aromatic N) is 4. The second-order valence-corrected chi connectivity index (χ2v) is 8.92. The lowest BCUT2D eigenvalue weighted by Crippen LogP contribution is -2.36. The molecule has 3 aromatic rings. The molecule has 0 saturated heterocycles. The van der Waals surface area contributed by atoms with Crippen molar-refractivity contribution in [3.8, 4) is 6.07 Å². The number of hydrogen-bond acceptors (Lipinski definition) is 5. The van der Waals surface area contributed by atoms with Crippen LogP contribution in [0.3, 0.4) is 0 Å². The maximum Gasteiger partial charge on any atom is 0.262 e. The van der Waals surface area contributed by atoms with Crippen LogP contribution in [0.15, 0.2) is 52.4 Å². The van der Waals surface area contributed by atoms with Gasteiger partial charge >= 0.3 is 0 Å². The van der Waals surface area contributed by atoms with E-state index >= 15 is 0 Å². The number of fused-ring (bicyclic) bond motifs is 2. The summed E-state index contributed by atoms with van der Waals surface area (Å²) in [5.41, 5.74) is 3.39. The molecular weight excluding hydrogens is 420 g/mol. The Morgan fingerprint density at radius 3 is 2.78 bits per heavy atom. The predicted molar refractivity (Wildman–Crippen MR) is 127 cm³/mol. The van der Waals surface area contributed by atoms with Gasteiger partial charge in [0.05, 0.1) is 22.7 Å². The molecule has 1 aliphatic heterocycles. The normalized spacial score (nSPS) is 13.1. The quantitative estimate of drug-likeness (QED) is 0.305. The first-order valence-electron chi connectivity index (χ1n) is 11.0. The van der Waals surface area contributed by atoms with Crippen molar-refractivity contribution in [2.75, 3.05) is 12.3 Å². The average Bonchev–Trinajstić information content (AvgIpc) is 2.83. The summed E-state index contributed by atoms with van der Waals surface area (Å²) in [7, 11) is 0. The SMILES string of the molecule is CCCCCn1c(SCC#N)nc2cc(C(=O)N3CCc4ccccc4C3)ccc2c1=O. The van der Waals surface area contributed by atoms with Gasteiger partial charge in [-0.2, -0.15) is 5.26 Å². The van der Waals surface area contributed by atoms with Crippen molar-refractivity contribution >= 4 is 28.6 Å². The number of hydrogen-bond donors (Lipinski definition) is 0. The number of carbonyl (C=O) groups excluding carboxylic acids is 1. The number of aromatic nitrogens is 2. The Morgan fingerprint density at radius 1 is 1.19 bits per heavy atom. The third kappa shape index (κ3) is 4.56. The fourth-order valence-electron chi connectivity index (χ4n) is 4.11. The van der Waals surface area contributed by atoms with Gasteiger partial charge in [0.1, 0.15) is 0 Å². The minimum Gasteiger partial charge on any atom is -0.334 e. The van der Waals surface area contributed by atoms with Crippen LogP contribution in [-0.4, -0.2) is 32.7 Å². The van der Waals surface area contributed by atoms with Gasteiger partial charge in [0.2, 0.25) is 0 Å². The van der Waals surface area contributed by atoms with Gasteiger partial charge in [-0.15, -0.1) is 0 Å². The monoisotopic (exact) mass is 446 g/mol. The number of unbranched alkanes of at least 4 members (excludes halogenated alkanes) is 2. The molecule has 1 amide bonds. The van der Waals surface area contributed by atoms with Gasteiger partial charge in [-0.3, -0.25) is 14.2 Å². The maximum absolute atomic E-state index is 13.2. The lowest BCUT2D eigenvalue weighted by molar-refractivity contribution is 0.0735. The average molecular weight is 447 g/mol. The zero-order valence-corrected chi connectivity index (χ0v) is 19.0. The molecule has 0 atom stereocenters. The molecule has 0 aliphatic carbocycles. The molecular formula is C25H26N4O2S. The summed E-state index contributed by atoms with van der Waals surface area (Å²) in [4.78, 5) is 32.9. The van der Waals surface area contributed by atoms with E-state index in [0.29, 0.717) is 41.3 Å². The summed E-state index contributed by atoms with van der Waals surface area (Å²) in [5.74, 6) is 0.166. The van der Waals surface area contributed by atoms with Gasteiger partial charge in [0.15, 0.2) is 5.16 Å². The first kappa shape index (κ1) is 22.1. The van der Waals surface area contributed by atoms with Crippen LogP contribution in [0.2, 0.25) is 0 Å². The smallest absolute Gasteiger partial charge is 0.262 e. The summed E-state index contributed by atoms with van der Waals surface area (Å²) >= 11 is 1.26. The molecule has 0 saturated carbocycles. The van der Waals surface area contributed by atoms with Crippen LogP contribution in [0, 0.1) is 11.3 Å². The Morgan fingerprint density at radius 2 is 2.00 bits per heavy atom. The van der Waals surface area contributed by atoms with Crippen molar-refractivity contribution < 1.29 is 4.79 Å². The van der Waals surface area contributed by atoms with E-state index in [9.17, 15) is 9.59 Å². The Labute approximate surface area is 191 Å². The van der Waals surface area contributed by atoms with E-state index in [-0.39, 0.29) is 17.2 Å². The molecule has 6 nitrogen and oxygen atoms in total. The van der Waals surface area contributed by atoms with Crippen LogP contribution in [0.1, 0.15) is 47.7 Å². The predicted octanol–water partition coefficient (Wildman–Crippen LogP) is 4.40. The van der Waals surface area contributed by atoms with Crippen LogP contribution in [0.25, 0.3) is 10.9 Å². The van der Waals surface area contributed by atoms with Crippen molar-refractivity contribution in [3.05, 3.63) is 69.5 Å². The van der Waals surface area contributed by atoms with E-state index in [0.717, 1.165) is 25.7 Å². The number of nitriles is 1. The molecule has 2 aromatic carbocycles. The summed E-state index contributed by atoms with van der Waals surface area (Å²) in [6.45, 7) is 3.95. The molecule has 1 aliphatic rings. The summed E-state index contributed by atoms with van der Waals surface area (Å²) in [6.07, 6.45) is 3.81. The molecule has 0 unspecified atom stereocenters. The van der Waals surface area contributed by atoms with Gasteiger partial charge in [0.25, 0.3) is 11.5 Å². The van der Waals surface area contributed by atoms with Crippen molar-refractivity contribution in [3.63, 3.8) is 0 Å². The van der Waals surface area contributed by atoms with Gasteiger partial charge in [-0.05, 0) is 42.2 Å². The molecule has 4 rings (SSSR count). The fraction of sp³-hybridized carbons (Fsp3) is 0.360. The number of carbonyl (C=O) groups is 1. The number of amides is 1. The lowest BCUT2D eigenvalue weighted by Gasteiger charge is -2.29. The fourth-order valence-corrected chi connectivity index (χ4v) is 4.80. The maximum atomic E-state index is 13.2. The van der Waals surface area contributed by atoms with E-state index in [4.69, 9.17) is 5.26 Å². The topological polar surface area (TPSA) is 79.0 Å². The molecule has 2 heterocycles. The molecule has 164 valence electrons. The molecule has 0 fully saturated rings. The Hall–Kier alpha value is -3.11. The van der Waals surface area contributed by atoms with E-state index in [1.54, 1.807) is 22.8 Å². The second-order valence-electron chi connectivity index (χ2n) is 7.98. The zero-order valence-electron chi connectivity index (χ0n) is 18.2. The molecule has 0 radical (unpaired) electrons. The summed E-state index contributed by atoms with van der Waals surface area (Å²) < 4.78 is 1.67. The number of rotatable bonds is 7. The van der Waals surface area contributed by atoms with Crippen molar-refractivity contribution in [1.29, 1.82) is 5.26 Å². The third-order valence-corrected chi connectivity index (χ3v) is 6.68. The molecule has 32 heavy (non-hydrogen) atoms. The van der Waals surface area contributed by atoms with E-state index in [1.807, 2.05) is 17.0 Å². The highest BCUT2D eigenvalue weighted by molar-refractivity contribution is 7.99. The van der Waals surface area contributed by atoms with Gasteiger partial charge in [-0.1, -0.05) is 55.8 Å². The highest BCUT2D eigenvalue weighted by Gasteiger charge is 2.22. The van der Waals surface area contributed by atoms with E-state index in [1.165, 1.54) is 22.9 Å². The van der Waals surface area contributed by atoms with Gasteiger partial charge in [0, 0.05) is 25.2 Å². The van der Waals surface area contributed by atoms with Crippen LogP contribution >= 0.6 is 11.8 Å². The van der Waals surface area contributed by atoms with Crippen molar-refractivity contribution in [1.82, 2.24) is 14.5 Å². The first-order valence-corrected chi connectivity index (χ1v) is 12.0. The zero-order chi connectivity index (χ0) is 22.5. The highest BCUT2D eigenvalue weighted by atomic mass is 32.2. The van der Waals surface area contributed by atoms with Gasteiger partial charge in [-0.25, -0.2) is 4.98 Å². The summed E-state index contributed by atoms with van der Waals surface area (Å²) in [5, 5.41) is 10.1. The Kier molecular flexibility index (Phi) is 6.91. The van der Waals surface area contributed by atoms with Crippen molar-refractivity contribution in [2.45, 2.75) is 50.9 Å². The largest absolute Gasteiger partial charge is 0.334 e. The van der Waals surface area contributed by atoms with E-state index < -0.39 is 0 Å². The Bertz CT molecular complexity index is 1240. The van der Waals surface area contributed by atoms with Gasteiger partial charge < -0.3 is 4.90 Å². The van der Waals surface area contributed by atoms with E-state index in [2.05, 4.69) is 30.1 Å². The second kappa shape index (κ2) is 10.0. The highest BCUT2D eigenvalue weighted by Crippen LogP contribution is 2.23. The molecule has 0 N–H and O–H groups in total. The lowest BCUT2D eigenvalue weighted by atomic mass is 9.99. The molecule has 0 spiro atoms.